The molecule has 6 nitrogen and oxygen atoms in total. The van der Waals surface area contributed by atoms with E-state index < -0.39 is 11.8 Å². The molecule has 2 rings (SSSR count). The van der Waals surface area contributed by atoms with E-state index in [2.05, 4.69) is 4.90 Å². The van der Waals surface area contributed by atoms with Crippen molar-refractivity contribution in [2.45, 2.75) is 18.9 Å². The molecule has 1 amide bonds. The summed E-state index contributed by atoms with van der Waals surface area (Å²) >= 11 is 0. The van der Waals surface area contributed by atoms with E-state index in [0.29, 0.717) is 32.5 Å². The molecule has 2 atom stereocenters. The first kappa shape index (κ1) is 22.8. The fraction of sp³-hybridized carbons (Fsp3) is 0.409. The van der Waals surface area contributed by atoms with E-state index in [1.165, 1.54) is 12.1 Å². The van der Waals surface area contributed by atoms with E-state index in [1.54, 1.807) is 24.7 Å². The SMILES string of the molecule is CO[C@H](C[C@H](CCN(C)CCOc1ccccc1)C(=O)NO)c1ccc(F)cc1. The van der Waals surface area contributed by atoms with E-state index >= 15 is 0 Å². The van der Waals surface area contributed by atoms with Crippen LogP contribution in [0.3, 0.4) is 0 Å². The lowest BCUT2D eigenvalue weighted by molar-refractivity contribution is -0.135. The number of halogens is 1. The maximum absolute atomic E-state index is 13.2. The minimum atomic E-state index is -0.455. The Morgan fingerprint density at radius 2 is 1.83 bits per heavy atom. The second-order valence-corrected chi connectivity index (χ2v) is 6.94. The first-order chi connectivity index (χ1) is 14.0. The highest BCUT2D eigenvalue weighted by molar-refractivity contribution is 5.77. The number of likely N-dealkylation sites (N-methyl/N-ethyl adjacent to an activating group) is 1. The molecule has 0 heterocycles. The van der Waals surface area contributed by atoms with Gasteiger partial charge in [-0.25, -0.2) is 9.87 Å². The minimum Gasteiger partial charge on any atom is -0.492 e. The zero-order valence-corrected chi connectivity index (χ0v) is 16.9. The summed E-state index contributed by atoms with van der Waals surface area (Å²) < 4.78 is 24.4. The van der Waals surface area contributed by atoms with Crippen molar-refractivity contribution in [3.63, 3.8) is 0 Å². The predicted molar refractivity (Wildman–Crippen MR) is 108 cm³/mol. The highest BCUT2D eigenvalue weighted by atomic mass is 19.1. The number of benzene rings is 2. The molecule has 0 aliphatic carbocycles. The molecule has 0 fully saturated rings. The lowest BCUT2D eigenvalue weighted by atomic mass is 9.93. The Balaban J connectivity index is 1.85. The number of hydroxylamine groups is 1. The molecule has 2 aromatic carbocycles. The van der Waals surface area contributed by atoms with E-state index in [1.807, 2.05) is 37.4 Å². The van der Waals surface area contributed by atoms with Gasteiger partial charge in [-0.05, 0) is 56.3 Å². The molecule has 0 aliphatic rings. The molecular weight excluding hydrogens is 375 g/mol. The molecule has 0 radical (unpaired) electrons. The summed E-state index contributed by atoms with van der Waals surface area (Å²) in [5.41, 5.74) is 2.53. The summed E-state index contributed by atoms with van der Waals surface area (Å²) in [6.45, 7) is 1.89. The molecule has 0 aliphatic heterocycles. The van der Waals surface area contributed by atoms with Crippen LogP contribution in [0.5, 0.6) is 5.75 Å². The van der Waals surface area contributed by atoms with Gasteiger partial charge in [0.2, 0.25) is 5.91 Å². The van der Waals surface area contributed by atoms with E-state index in [0.717, 1.165) is 11.3 Å². The maximum Gasteiger partial charge on any atom is 0.246 e. The topological polar surface area (TPSA) is 71.0 Å². The van der Waals surface area contributed by atoms with Crippen LogP contribution in [0.15, 0.2) is 54.6 Å². The second-order valence-electron chi connectivity index (χ2n) is 6.94. The molecule has 0 aromatic heterocycles. The van der Waals surface area contributed by atoms with E-state index in [4.69, 9.17) is 14.7 Å². The number of hydrogen-bond acceptors (Lipinski definition) is 5. The highest BCUT2D eigenvalue weighted by Crippen LogP contribution is 2.27. The molecule has 0 saturated heterocycles. The van der Waals surface area contributed by atoms with Gasteiger partial charge in [0.05, 0.1) is 6.10 Å². The number of para-hydroxylation sites is 1. The van der Waals surface area contributed by atoms with Crippen molar-refractivity contribution in [1.29, 1.82) is 0 Å². The van der Waals surface area contributed by atoms with Gasteiger partial charge in [-0.1, -0.05) is 30.3 Å². The standard InChI is InChI=1S/C22H29FN2O4/c1-25(14-15-29-20-6-4-3-5-7-20)13-12-18(22(26)24-27)16-21(28-2)17-8-10-19(23)11-9-17/h3-11,18,21,27H,12-16H2,1-2H3,(H,24,26)/t18-,21+/m0/s1. The van der Waals surface area contributed by atoms with Crippen LogP contribution in [0.2, 0.25) is 0 Å². The van der Waals surface area contributed by atoms with Crippen LogP contribution in [-0.4, -0.2) is 49.9 Å². The summed E-state index contributed by atoms with van der Waals surface area (Å²) in [4.78, 5) is 14.2. The van der Waals surface area contributed by atoms with Crippen molar-refractivity contribution in [3.05, 3.63) is 66.0 Å². The number of nitrogens with one attached hydrogen (secondary N) is 1. The van der Waals surface area contributed by atoms with Gasteiger partial charge in [-0.3, -0.25) is 10.0 Å². The number of amides is 1. The Morgan fingerprint density at radius 3 is 2.45 bits per heavy atom. The Kier molecular flexibility index (Phi) is 9.56. The molecule has 158 valence electrons. The van der Waals surface area contributed by atoms with Crippen molar-refractivity contribution in [2.75, 3.05) is 33.9 Å². The van der Waals surface area contributed by atoms with Gasteiger partial charge < -0.3 is 14.4 Å². The Bertz CT molecular complexity index is 727. The molecular formula is C22H29FN2O4. The van der Waals surface area contributed by atoms with Crippen LogP contribution in [0.1, 0.15) is 24.5 Å². The van der Waals surface area contributed by atoms with Crippen molar-refractivity contribution in [2.24, 2.45) is 5.92 Å². The Morgan fingerprint density at radius 1 is 1.14 bits per heavy atom. The average molecular weight is 404 g/mol. The van der Waals surface area contributed by atoms with Crippen LogP contribution in [0, 0.1) is 11.7 Å². The first-order valence-electron chi connectivity index (χ1n) is 9.62. The van der Waals surface area contributed by atoms with Gasteiger partial charge >= 0.3 is 0 Å². The number of rotatable bonds is 12. The zero-order valence-electron chi connectivity index (χ0n) is 16.9. The maximum atomic E-state index is 13.2. The second kappa shape index (κ2) is 12.2. The molecule has 2 N–H and O–H groups in total. The summed E-state index contributed by atoms with van der Waals surface area (Å²) in [6.07, 6.45) is 0.544. The van der Waals surface area contributed by atoms with Crippen LogP contribution < -0.4 is 10.2 Å². The van der Waals surface area contributed by atoms with Crippen molar-refractivity contribution >= 4 is 5.91 Å². The third-order valence-electron chi connectivity index (χ3n) is 4.85. The monoisotopic (exact) mass is 404 g/mol. The van der Waals surface area contributed by atoms with Gasteiger partial charge in [0.25, 0.3) is 0 Å². The Labute approximate surface area is 171 Å². The summed E-state index contributed by atoms with van der Waals surface area (Å²) in [7, 11) is 3.50. The molecule has 0 bridgehead atoms. The molecule has 2 aromatic rings. The fourth-order valence-corrected chi connectivity index (χ4v) is 3.08. The van der Waals surface area contributed by atoms with Gasteiger partial charge in [0, 0.05) is 19.6 Å². The zero-order chi connectivity index (χ0) is 21.1. The minimum absolute atomic E-state index is 0.326. The number of nitrogens with zero attached hydrogens (tertiary/aromatic N) is 1. The third-order valence-corrected chi connectivity index (χ3v) is 4.85. The molecule has 0 saturated carbocycles. The highest BCUT2D eigenvalue weighted by Gasteiger charge is 2.24. The van der Waals surface area contributed by atoms with E-state index in [9.17, 15) is 9.18 Å². The summed E-state index contributed by atoms with van der Waals surface area (Å²) in [5.74, 6) is -0.413. The van der Waals surface area contributed by atoms with Crippen LogP contribution in [-0.2, 0) is 9.53 Å². The fourth-order valence-electron chi connectivity index (χ4n) is 3.08. The van der Waals surface area contributed by atoms with Gasteiger partial charge in [0.1, 0.15) is 18.2 Å². The number of methoxy groups -OCH3 is 1. The third kappa shape index (κ3) is 7.81. The van der Waals surface area contributed by atoms with Crippen molar-refractivity contribution < 1.29 is 23.9 Å². The predicted octanol–water partition coefficient (Wildman–Crippen LogP) is 3.43. The summed E-state index contributed by atoms with van der Waals surface area (Å²) in [6, 6.07) is 15.6. The van der Waals surface area contributed by atoms with Crippen molar-refractivity contribution in [3.8, 4) is 5.75 Å². The summed E-state index contributed by atoms with van der Waals surface area (Å²) in [5, 5.41) is 9.11. The van der Waals surface area contributed by atoms with Crippen LogP contribution in [0.25, 0.3) is 0 Å². The van der Waals surface area contributed by atoms with Gasteiger partial charge in [-0.15, -0.1) is 0 Å². The number of hydrogen-bond donors (Lipinski definition) is 2. The van der Waals surface area contributed by atoms with Gasteiger partial charge in [-0.2, -0.15) is 0 Å². The molecule has 29 heavy (non-hydrogen) atoms. The average Bonchev–Trinajstić information content (AvgIpc) is 2.75. The quantitative estimate of drug-likeness (QED) is 0.419. The number of ether oxygens (including phenoxy) is 2. The lowest BCUT2D eigenvalue weighted by Gasteiger charge is -2.24. The smallest absolute Gasteiger partial charge is 0.246 e. The van der Waals surface area contributed by atoms with Crippen molar-refractivity contribution in [1.82, 2.24) is 10.4 Å². The normalized spacial score (nSPS) is 13.1. The largest absolute Gasteiger partial charge is 0.492 e. The van der Waals surface area contributed by atoms with E-state index in [-0.39, 0.29) is 11.9 Å². The molecule has 7 heteroatoms. The molecule has 0 spiro atoms. The number of carbonyl (C=O) groups is 1. The Hall–Kier alpha value is -2.48. The van der Waals surface area contributed by atoms with Gasteiger partial charge in [0.15, 0.2) is 0 Å². The number of carbonyl (C=O) groups excluding carboxylic acids is 1. The molecule has 0 unspecified atom stereocenters. The lowest BCUT2D eigenvalue weighted by Crippen LogP contribution is -2.33. The first-order valence-corrected chi connectivity index (χ1v) is 9.62. The van der Waals surface area contributed by atoms with Crippen LogP contribution in [0.4, 0.5) is 4.39 Å². The van der Waals surface area contributed by atoms with Crippen LogP contribution >= 0.6 is 0 Å².